The molecule has 1 aromatic carbocycles. The summed E-state index contributed by atoms with van der Waals surface area (Å²) in [5.74, 6) is -0.772. The van der Waals surface area contributed by atoms with Crippen molar-refractivity contribution in [1.82, 2.24) is 4.57 Å². The highest BCUT2D eigenvalue weighted by Crippen LogP contribution is 2.35. The molecule has 1 saturated carbocycles. The fourth-order valence-corrected chi connectivity index (χ4v) is 3.84. The number of rotatable bonds is 3. The summed E-state index contributed by atoms with van der Waals surface area (Å²) in [7, 11) is 0. The molecule has 0 aliphatic heterocycles. The van der Waals surface area contributed by atoms with E-state index in [2.05, 4.69) is 0 Å². The molecular formula is C19H22Cl2FNO3. The summed E-state index contributed by atoms with van der Waals surface area (Å²) in [6, 6.07) is 2.56. The van der Waals surface area contributed by atoms with Crippen LogP contribution in [0.1, 0.15) is 58.6 Å². The van der Waals surface area contributed by atoms with Gasteiger partial charge in [-0.3, -0.25) is 0 Å². The summed E-state index contributed by atoms with van der Waals surface area (Å²) in [6.07, 6.45) is 5.29. The lowest BCUT2D eigenvalue weighted by Crippen LogP contribution is -2.20. The molecular weight excluding hydrogens is 380 g/mol. The molecule has 3 rings (SSSR count). The zero-order valence-electron chi connectivity index (χ0n) is 15.1. The second-order valence-corrected chi connectivity index (χ2v) is 8.45. The Morgan fingerprint density at radius 1 is 1.19 bits per heavy atom. The molecule has 26 heavy (non-hydrogen) atoms. The molecule has 2 aromatic rings. The Hall–Kier alpha value is -1.46. The van der Waals surface area contributed by atoms with Gasteiger partial charge in [0.2, 0.25) is 0 Å². The maximum atomic E-state index is 14.6. The summed E-state index contributed by atoms with van der Waals surface area (Å²) >= 11 is 12.5. The molecule has 0 saturated heterocycles. The van der Waals surface area contributed by atoms with Crippen molar-refractivity contribution >= 4 is 23.2 Å². The van der Waals surface area contributed by atoms with Crippen LogP contribution in [0, 0.1) is 5.82 Å². The minimum absolute atomic E-state index is 0.0329. The molecule has 0 spiro atoms. The monoisotopic (exact) mass is 401 g/mol. The molecule has 142 valence electrons. The second-order valence-electron chi connectivity index (χ2n) is 7.69. The van der Waals surface area contributed by atoms with Gasteiger partial charge in [-0.05, 0) is 31.7 Å². The Labute approximate surface area is 161 Å². The normalized spacial score (nSPS) is 16.1. The van der Waals surface area contributed by atoms with Gasteiger partial charge in [-0.1, -0.05) is 50.4 Å². The number of aromatic nitrogens is 1. The van der Waals surface area contributed by atoms with Gasteiger partial charge in [0.15, 0.2) is 10.9 Å². The third-order valence-electron chi connectivity index (χ3n) is 4.52. The quantitative estimate of drug-likeness (QED) is 0.644. The maximum absolute atomic E-state index is 14.6. The van der Waals surface area contributed by atoms with E-state index in [9.17, 15) is 9.18 Å². The Morgan fingerprint density at radius 3 is 2.42 bits per heavy atom. The van der Waals surface area contributed by atoms with Crippen molar-refractivity contribution < 1.29 is 13.5 Å². The highest BCUT2D eigenvalue weighted by atomic mass is 35.5. The fourth-order valence-electron chi connectivity index (χ4n) is 3.17. The van der Waals surface area contributed by atoms with Crippen LogP contribution in [0.3, 0.4) is 0 Å². The average Bonchev–Trinajstić information content (AvgIpc) is 2.86. The summed E-state index contributed by atoms with van der Waals surface area (Å²) in [5.41, 5.74) is -0.527. The van der Waals surface area contributed by atoms with E-state index in [1.54, 1.807) is 0 Å². The first-order valence-electron chi connectivity index (χ1n) is 8.76. The molecule has 1 aromatic heterocycles. The first kappa shape index (κ1) is 19.3. The topological polar surface area (TPSA) is 44.4 Å². The van der Waals surface area contributed by atoms with Crippen molar-refractivity contribution in [3.8, 4) is 11.4 Å². The number of nitrogens with zero attached hydrogens (tertiary/aromatic N) is 1. The van der Waals surface area contributed by atoms with Gasteiger partial charge < -0.3 is 9.15 Å². The minimum Gasteiger partial charge on any atom is -0.489 e. The van der Waals surface area contributed by atoms with Crippen LogP contribution in [0.15, 0.2) is 21.3 Å². The van der Waals surface area contributed by atoms with Gasteiger partial charge in [0, 0.05) is 11.5 Å². The van der Waals surface area contributed by atoms with Crippen LogP contribution in [-0.4, -0.2) is 10.7 Å². The van der Waals surface area contributed by atoms with Crippen LogP contribution in [-0.2, 0) is 5.41 Å². The molecule has 1 aliphatic rings. The SMILES string of the molecule is CC(C)(C)c1oc(=O)n(-c2cc(OC3CCCCC3)c(Cl)cc2F)c1Cl. The Balaban J connectivity index is 2.04. The first-order valence-corrected chi connectivity index (χ1v) is 9.52. The second kappa shape index (κ2) is 7.28. The van der Waals surface area contributed by atoms with Gasteiger partial charge in [-0.2, -0.15) is 0 Å². The summed E-state index contributed by atoms with van der Waals surface area (Å²) in [5, 5.41) is 0.216. The molecule has 0 N–H and O–H groups in total. The van der Waals surface area contributed by atoms with Crippen LogP contribution in [0.5, 0.6) is 5.75 Å². The highest BCUT2D eigenvalue weighted by Gasteiger charge is 2.28. The number of hydrogen-bond donors (Lipinski definition) is 0. The minimum atomic E-state index is -0.746. The van der Waals surface area contributed by atoms with Gasteiger partial charge in [-0.15, -0.1) is 0 Å². The van der Waals surface area contributed by atoms with E-state index >= 15 is 0 Å². The van der Waals surface area contributed by atoms with Crippen molar-refractivity contribution in [2.24, 2.45) is 0 Å². The van der Waals surface area contributed by atoms with Crippen molar-refractivity contribution in [2.75, 3.05) is 0 Å². The molecule has 1 aliphatic carbocycles. The molecule has 0 bridgehead atoms. The molecule has 4 nitrogen and oxygen atoms in total. The maximum Gasteiger partial charge on any atom is 0.425 e. The number of halogens is 3. The van der Waals surface area contributed by atoms with Gasteiger partial charge >= 0.3 is 5.76 Å². The van der Waals surface area contributed by atoms with Gasteiger partial charge in [-0.25, -0.2) is 13.8 Å². The van der Waals surface area contributed by atoms with Gasteiger partial charge in [0.25, 0.3) is 0 Å². The zero-order chi connectivity index (χ0) is 19.1. The van der Waals surface area contributed by atoms with E-state index in [-0.39, 0.29) is 22.0 Å². The molecule has 1 fully saturated rings. The summed E-state index contributed by atoms with van der Waals surface area (Å²) in [6.45, 7) is 5.58. The number of benzene rings is 1. The molecule has 0 amide bonds. The zero-order valence-corrected chi connectivity index (χ0v) is 16.6. The number of ether oxygens (including phenoxy) is 1. The van der Waals surface area contributed by atoms with Gasteiger partial charge in [0.1, 0.15) is 11.6 Å². The predicted octanol–water partition coefficient (Wildman–Crippen LogP) is 5.89. The van der Waals surface area contributed by atoms with Crippen LogP contribution < -0.4 is 10.5 Å². The van der Waals surface area contributed by atoms with Crippen LogP contribution >= 0.6 is 23.2 Å². The average molecular weight is 402 g/mol. The Kier molecular flexibility index (Phi) is 5.40. The molecule has 0 atom stereocenters. The first-order chi connectivity index (χ1) is 12.2. The highest BCUT2D eigenvalue weighted by molar-refractivity contribution is 6.32. The lowest BCUT2D eigenvalue weighted by Gasteiger charge is -2.24. The van der Waals surface area contributed by atoms with E-state index in [1.807, 2.05) is 20.8 Å². The van der Waals surface area contributed by atoms with Gasteiger partial charge in [0.05, 0.1) is 16.8 Å². The Bertz CT molecular complexity index is 861. The Morgan fingerprint density at radius 2 is 1.85 bits per heavy atom. The predicted molar refractivity (Wildman–Crippen MR) is 100 cm³/mol. The summed E-state index contributed by atoms with van der Waals surface area (Å²) in [4.78, 5) is 12.3. The van der Waals surface area contributed by atoms with Crippen LogP contribution in [0.2, 0.25) is 10.2 Å². The molecule has 1 heterocycles. The van der Waals surface area contributed by atoms with Crippen LogP contribution in [0.4, 0.5) is 4.39 Å². The van der Waals surface area contributed by atoms with Crippen molar-refractivity contribution in [3.05, 3.63) is 44.4 Å². The summed E-state index contributed by atoms with van der Waals surface area (Å²) < 4.78 is 26.8. The van der Waals surface area contributed by atoms with Crippen LogP contribution in [0.25, 0.3) is 5.69 Å². The van der Waals surface area contributed by atoms with E-state index in [1.165, 1.54) is 12.5 Å². The van der Waals surface area contributed by atoms with E-state index in [4.69, 9.17) is 32.4 Å². The largest absolute Gasteiger partial charge is 0.489 e. The smallest absolute Gasteiger partial charge is 0.425 e. The molecule has 7 heteroatoms. The third-order valence-corrected chi connectivity index (χ3v) is 5.16. The number of oxazole rings is 1. The molecule has 0 radical (unpaired) electrons. The lowest BCUT2D eigenvalue weighted by atomic mass is 9.94. The van der Waals surface area contributed by atoms with E-state index in [0.717, 1.165) is 36.3 Å². The lowest BCUT2D eigenvalue weighted by molar-refractivity contribution is 0.155. The van der Waals surface area contributed by atoms with Crippen molar-refractivity contribution in [1.29, 1.82) is 0 Å². The number of hydrogen-bond acceptors (Lipinski definition) is 3. The third kappa shape index (κ3) is 3.79. The van der Waals surface area contributed by atoms with E-state index < -0.39 is 17.0 Å². The molecule has 0 unspecified atom stereocenters. The van der Waals surface area contributed by atoms with Crippen molar-refractivity contribution in [2.45, 2.75) is 64.4 Å². The fraction of sp³-hybridized carbons (Fsp3) is 0.526. The standard InChI is InChI=1S/C19H22Cl2FNO3/c1-19(2,3)16-17(21)23(18(24)26-16)14-10-15(12(20)9-13(14)22)25-11-7-5-4-6-8-11/h9-11H,4-8H2,1-3H3. The van der Waals surface area contributed by atoms with Crippen molar-refractivity contribution in [3.63, 3.8) is 0 Å². The van der Waals surface area contributed by atoms with E-state index in [0.29, 0.717) is 11.5 Å².